The molecule has 0 amide bonds. The van der Waals surface area contributed by atoms with Crippen molar-refractivity contribution in [1.29, 1.82) is 0 Å². The van der Waals surface area contributed by atoms with E-state index in [-0.39, 0.29) is 24.8 Å². The first kappa shape index (κ1) is 25.8. The summed E-state index contributed by atoms with van der Waals surface area (Å²) in [6.07, 6.45) is 1.11. The summed E-state index contributed by atoms with van der Waals surface area (Å²) < 4.78 is 11.7. The van der Waals surface area contributed by atoms with Gasteiger partial charge >= 0.3 is 0 Å². The van der Waals surface area contributed by atoms with Crippen LogP contribution in [0.4, 0.5) is 0 Å². The molecule has 27 heavy (non-hydrogen) atoms. The number of hydrogen-bond donors (Lipinski definition) is 2. The van der Waals surface area contributed by atoms with Gasteiger partial charge < -0.3 is 20.1 Å². The molecule has 2 N–H and O–H groups in total. The molecule has 7 heteroatoms. The van der Waals surface area contributed by atoms with Crippen molar-refractivity contribution in [3.05, 3.63) is 58.6 Å². The van der Waals surface area contributed by atoms with Crippen LogP contribution >= 0.6 is 36.4 Å². The molecule has 2 aromatic rings. The quantitative estimate of drug-likeness (QED) is 0.495. The molecule has 0 spiro atoms. The maximum absolute atomic E-state index is 5.93. The molecule has 0 saturated heterocycles. The Kier molecular flexibility index (Phi) is 14.2. The molecule has 0 atom stereocenters. The molecule has 2 rings (SSSR count). The molecule has 2 aromatic carbocycles. The molecule has 0 aliphatic carbocycles. The number of nitrogens with one attached hydrogen (secondary N) is 2. The molecule has 0 aromatic heterocycles. The average molecular weight is 436 g/mol. The first-order valence-corrected chi connectivity index (χ1v) is 9.09. The summed E-state index contributed by atoms with van der Waals surface area (Å²) in [7, 11) is 1.97. The Bertz CT molecular complexity index is 640. The van der Waals surface area contributed by atoms with E-state index in [0.29, 0.717) is 13.2 Å². The van der Waals surface area contributed by atoms with Crippen molar-refractivity contribution in [3.63, 3.8) is 0 Å². The minimum absolute atomic E-state index is 0. The number of halogens is 3. The fraction of sp³-hybridized carbons (Fsp3) is 0.400. The minimum Gasteiger partial charge on any atom is -0.490 e. The molecule has 4 nitrogen and oxygen atoms in total. The summed E-state index contributed by atoms with van der Waals surface area (Å²) in [4.78, 5) is 0. The van der Waals surface area contributed by atoms with E-state index in [4.69, 9.17) is 21.1 Å². The van der Waals surface area contributed by atoms with Crippen molar-refractivity contribution in [2.45, 2.75) is 26.5 Å². The van der Waals surface area contributed by atoms with Crippen molar-refractivity contribution >= 4 is 36.4 Å². The predicted molar refractivity (Wildman–Crippen MR) is 118 cm³/mol. The first-order chi connectivity index (χ1) is 12.2. The SMILES string of the molecule is CCOc1cc(CNCCCNC)ccc1OCc1ccc(Cl)cc1.Cl.Cl. The van der Waals surface area contributed by atoms with Crippen LogP contribution in [0.25, 0.3) is 0 Å². The number of benzene rings is 2. The summed E-state index contributed by atoms with van der Waals surface area (Å²) in [6.45, 7) is 5.90. The zero-order valence-electron chi connectivity index (χ0n) is 15.8. The molecule has 152 valence electrons. The van der Waals surface area contributed by atoms with E-state index in [1.807, 2.05) is 50.4 Å². The topological polar surface area (TPSA) is 42.5 Å². The summed E-state index contributed by atoms with van der Waals surface area (Å²) in [5.74, 6) is 1.54. The molecule has 0 bridgehead atoms. The smallest absolute Gasteiger partial charge is 0.161 e. The second-order valence-electron chi connectivity index (χ2n) is 5.76. The van der Waals surface area contributed by atoms with Gasteiger partial charge in [0.25, 0.3) is 0 Å². The zero-order valence-corrected chi connectivity index (χ0v) is 18.2. The highest BCUT2D eigenvalue weighted by molar-refractivity contribution is 6.30. The van der Waals surface area contributed by atoms with E-state index in [1.54, 1.807) is 0 Å². The highest BCUT2D eigenvalue weighted by Gasteiger charge is 2.07. The third kappa shape index (κ3) is 9.54. The van der Waals surface area contributed by atoms with Crippen molar-refractivity contribution < 1.29 is 9.47 Å². The van der Waals surface area contributed by atoms with Gasteiger partial charge in [0.1, 0.15) is 6.61 Å². The van der Waals surface area contributed by atoms with Crippen molar-refractivity contribution in [3.8, 4) is 11.5 Å². The Balaban J connectivity index is 0.00000338. The van der Waals surface area contributed by atoms with Crippen LogP contribution in [-0.2, 0) is 13.2 Å². The van der Waals surface area contributed by atoms with Crippen molar-refractivity contribution in [1.82, 2.24) is 10.6 Å². The third-order valence-electron chi connectivity index (χ3n) is 3.73. The van der Waals surface area contributed by atoms with Gasteiger partial charge in [-0.2, -0.15) is 0 Å². The lowest BCUT2D eigenvalue weighted by Gasteiger charge is -2.14. The van der Waals surface area contributed by atoms with Gasteiger partial charge in [-0.1, -0.05) is 29.8 Å². The molecular formula is C20H29Cl3N2O2. The zero-order chi connectivity index (χ0) is 17.9. The van der Waals surface area contributed by atoms with Crippen LogP contribution in [0.5, 0.6) is 11.5 Å². The van der Waals surface area contributed by atoms with Gasteiger partial charge in [0.05, 0.1) is 6.61 Å². The third-order valence-corrected chi connectivity index (χ3v) is 3.98. The highest BCUT2D eigenvalue weighted by Crippen LogP contribution is 2.29. The molecule has 0 heterocycles. The Labute approximate surface area is 179 Å². The maximum Gasteiger partial charge on any atom is 0.161 e. The van der Waals surface area contributed by atoms with Gasteiger partial charge in [-0.25, -0.2) is 0 Å². The number of ether oxygens (including phenoxy) is 2. The molecule has 0 unspecified atom stereocenters. The molecule has 0 radical (unpaired) electrons. The van der Waals surface area contributed by atoms with Gasteiger partial charge in [0.2, 0.25) is 0 Å². The normalized spacial score (nSPS) is 9.89. The largest absolute Gasteiger partial charge is 0.490 e. The van der Waals surface area contributed by atoms with Crippen LogP contribution in [0, 0.1) is 0 Å². The number of hydrogen-bond acceptors (Lipinski definition) is 4. The lowest BCUT2D eigenvalue weighted by Crippen LogP contribution is -2.19. The monoisotopic (exact) mass is 434 g/mol. The fourth-order valence-corrected chi connectivity index (χ4v) is 2.54. The van der Waals surface area contributed by atoms with E-state index in [0.717, 1.165) is 48.1 Å². The highest BCUT2D eigenvalue weighted by atomic mass is 35.5. The van der Waals surface area contributed by atoms with Crippen LogP contribution in [0.1, 0.15) is 24.5 Å². The van der Waals surface area contributed by atoms with Gasteiger partial charge in [0.15, 0.2) is 11.5 Å². The Morgan fingerprint density at radius 2 is 1.59 bits per heavy atom. The molecule has 0 aliphatic rings. The van der Waals surface area contributed by atoms with Gasteiger partial charge in [-0.3, -0.25) is 0 Å². The fourth-order valence-electron chi connectivity index (χ4n) is 2.41. The van der Waals surface area contributed by atoms with Crippen LogP contribution in [-0.4, -0.2) is 26.7 Å². The van der Waals surface area contributed by atoms with E-state index >= 15 is 0 Å². The van der Waals surface area contributed by atoms with E-state index < -0.39 is 0 Å². The van der Waals surface area contributed by atoms with E-state index in [1.165, 1.54) is 5.56 Å². The summed E-state index contributed by atoms with van der Waals surface area (Å²) in [5, 5.41) is 7.31. The van der Waals surface area contributed by atoms with Gasteiger partial charge in [-0.15, -0.1) is 24.8 Å². The van der Waals surface area contributed by atoms with Crippen molar-refractivity contribution in [2.24, 2.45) is 0 Å². The summed E-state index contributed by atoms with van der Waals surface area (Å²) in [6, 6.07) is 13.8. The van der Waals surface area contributed by atoms with E-state index in [2.05, 4.69) is 16.7 Å². The molecule has 0 saturated carbocycles. The van der Waals surface area contributed by atoms with E-state index in [9.17, 15) is 0 Å². The average Bonchev–Trinajstić information content (AvgIpc) is 2.62. The predicted octanol–water partition coefficient (Wildman–Crippen LogP) is 4.86. The molecule has 0 fully saturated rings. The summed E-state index contributed by atoms with van der Waals surface area (Å²) >= 11 is 5.91. The molecule has 0 aliphatic heterocycles. The van der Waals surface area contributed by atoms with Gasteiger partial charge in [0, 0.05) is 11.6 Å². The second kappa shape index (κ2) is 14.8. The van der Waals surface area contributed by atoms with Crippen LogP contribution in [0.15, 0.2) is 42.5 Å². The standard InChI is InChI=1S/C20H27ClN2O2.2ClH/c1-3-24-20-13-17(14-23-12-4-11-22-2)7-10-19(20)25-15-16-5-8-18(21)9-6-16;;/h5-10,13,22-23H,3-4,11-12,14-15H2,1-2H3;2*1H. The summed E-state index contributed by atoms with van der Waals surface area (Å²) in [5.41, 5.74) is 2.26. The maximum atomic E-state index is 5.93. The van der Waals surface area contributed by atoms with Crippen LogP contribution in [0.2, 0.25) is 5.02 Å². The lowest BCUT2D eigenvalue weighted by molar-refractivity contribution is 0.269. The second-order valence-corrected chi connectivity index (χ2v) is 6.20. The Hall–Kier alpha value is -1.17. The van der Waals surface area contributed by atoms with Gasteiger partial charge in [-0.05, 0) is 68.9 Å². The first-order valence-electron chi connectivity index (χ1n) is 8.71. The Morgan fingerprint density at radius 1 is 0.889 bits per heavy atom. The number of rotatable bonds is 11. The minimum atomic E-state index is 0. The van der Waals surface area contributed by atoms with Crippen molar-refractivity contribution in [2.75, 3.05) is 26.7 Å². The molecular weight excluding hydrogens is 407 g/mol. The van der Waals surface area contributed by atoms with Crippen LogP contribution < -0.4 is 20.1 Å². The lowest BCUT2D eigenvalue weighted by atomic mass is 10.2. The van der Waals surface area contributed by atoms with Crippen LogP contribution in [0.3, 0.4) is 0 Å². The Morgan fingerprint density at radius 3 is 2.26 bits per heavy atom.